The molecule has 2 aromatic carbocycles. The van der Waals surface area contributed by atoms with Crippen LogP contribution in [0.5, 0.6) is 0 Å². The lowest BCUT2D eigenvalue weighted by molar-refractivity contribution is -0.384. The lowest BCUT2D eigenvalue weighted by Crippen LogP contribution is -2.31. The molecule has 0 spiro atoms. The number of hydrogen-bond acceptors (Lipinski definition) is 9. The molecule has 3 rings (SSSR count). The summed E-state index contributed by atoms with van der Waals surface area (Å²) in [5, 5.41) is 28.9. The Morgan fingerprint density at radius 1 is 1.11 bits per heavy atom. The van der Waals surface area contributed by atoms with Gasteiger partial charge in [0.1, 0.15) is 5.69 Å². The number of nitrogens with zero attached hydrogens (tertiary/aromatic N) is 5. The number of halogens is 1. The van der Waals surface area contributed by atoms with Gasteiger partial charge in [0.25, 0.3) is 5.69 Å². The van der Waals surface area contributed by atoms with Gasteiger partial charge in [-0.1, -0.05) is 77.0 Å². The molecule has 2 N–H and O–H groups in total. The lowest BCUT2D eigenvalue weighted by Gasteiger charge is -2.28. The number of azo groups is 1. The summed E-state index contributed by atoms with van der Waals surface area (Å²) >= 11 is 6.05. The SMILES string of the molecule is C=C(CCCN(C)c1ccc(N=Nc2ccc([N+](=O)[O-])cc2Cl)cc1)N1CC(OP(C)(=O)O)CC1CO.CCCCCCCCC. The second-order valence-corrected chi connectivity index (χ2v) is 13.9. The van der Waals surface area contributed by atoms with Crippen LogP contribution in [0.3, 0.4) is 0 Å². The Bertz CT molecular complexity index is 1300. The topological polar surface area (TPSA) is 141 Å². The molecule has 0 radical (unpaired) electrons. The molecule has 0 saturated carbocycles. The molecule has 1 aliphatic rings. The number of aliphatic hydroxyl groups excluding tert-OH is 1. The monoisotopic (exact) mass is 679 g/mol. The Balaban J connectivity index is 0.000000713. The zero-order valence-electron chi connectivity index (χ0n) is 27.7. The van der Waals surface area contributed by atoms with Crippen LogP contribution in [0.4, 0.5) is 22.7 Å². The molecule has 0 aromatic heterocycles. The summed E-state index contributed by atoms with van der Waals surface area (Å²) in [5.74, 6) is 0. The van der Waals surface area contributed by atoms with Crippen LogP contribution in [0.15, 0.2) is 65.0 Å². The number of likely N-dealkylation sites (tertiary alicyclic amines) is 1. The van der Waals surface area contributed by atoms with Crippen LogP contribution >= 0.6 is 19.2 Å². The summed E-state index contributed by atoms with van der Waals surface area (Å²) in [5.41, 5.74) is 2.69. The van der Waals surface area contributed by atoms with Crippen molar-refractivity contribution in [2.75, 3.05) is 38.3 Å². The standard InChI is InChI=1S/C24H31ClN5O6P.C9H20/c1-17(29-15-22(13-21(29)16-31)36-37(3,34)35)5-4-12-28(2)19-8-6-18(7-9-19)26-27-24-11-10-20(30(32)33)14-23(24)25;1-3-5-7-9-8-6-4-2/h6-11,14,21-22,31H,1,4-5,12-13,15-16H2,2-3H3,(H,34,35);3-9H2,1-2H3. The molecule has 3 atom stereocenters. The molecule has 1 saturated heterocycles. The predicted molar refractivity (Wildman–Crippen MR) is 187 cm³/mol. The van der Waals surface area contributed by atoms with Gasteiger partial charge in [0, 0.05) is 50.3 Å². The van der Waals surface area contributed by atoms with Crippen LogP contribution in [0.1, 0.15) is 78.1 Å². The summed E-state index contributed by atoms with van der Waals surface area (Å²) in [6.07, 6.45) is 11.6. The third-order valence-corrected chi connectivity index (χ3v) is 8.70. The third kappa shape index (κ3) is 14.3. The number of benzene rings is 2. The van der Waals surface area contributed by atoms with E-state index in [-0.39, 0.29) is 23.4 Å². The second kappa shape index (κ2) is 20.4. The molecular weight excluding hydrogens is 629 g/mol. The van der Waals surface area contributed by atoms with Crippen molar-refractivity contribution >= 4 is 41.9 Å². The first-order valence-corrected chi connectivity index (χ1v) is 18.5. The number of non-ortho nitro benzene ring substituents is 1. The first-order valence-electron chi connectivity index (χ1n) is 16.1. The maximum absolute atomic E-state index is 11.6. The summed E-state index contributed by atoms with van der Waals surface area (Å²) in [6.45, 7) is 11.0. The number of anilines is 1. The molecular formula is C33H51ClN5O6P. The highest BCUT2D eigenvalue weighted by Gasteiger charge is 2.35. The zero-order chi connectivity index (χ0) is 34.1. The average Bonchev–Trinajstić information content (AvgIpc) is 3.42. The van der Waals surface area contributed by atoms with Gasteiger partial charge in [-0.3, -0.25) is 14.7 Å². The van der Waals surface area contributed by atoms with Crippen LogP contribution in [0.2, 0.25) is 5.02 Å². The molecule has 13 heteroatoms. The van der Waals surface area contributed by atoms with Crippen molar-refractivity contribution in [2.45, 2.75) is 90.2 Å². The Morgan fingerprint density at radius 3 is 2.28 bits per heavy atom. The van der Waals surface area contributed by atoms with E-state index in [1.54, 1.807) is 0 Å². The highest BCUT2D eigenvalue weighted by molar-refractivity contribution is 7.51. The maximum atomic E-state index is 11.6. The molecule has 256 valence electrons. The summed E-state index contributed by atoms with van der Waals surface area (Å²) in [6, 6.07) is 11.3. The Hall–Kier alpha value is -2.82. The van der Waals surface area contributed by atoms with Crippen molar-refractivity contribution in [3.63, 3.8) is 0 Å². The van der Waals surface area contributed by atoms with Gasteiger partial charge in [-0.05, 0) is 49.6 Å². The Morgan fingerprint density at radius 2 is 1.74 bits per heavy atom. The van der Waals surface area contributed by atoms with E-state index >= 15 is 0 Å². The lowest BCUT2D eigenvalue weighted by atomic mass is 10.1. The van der Waals surface area contributed by atoms with Gasteiger partial charge < -0.3 is 24.3 Å². The van der Waals surface area contributed by atoms with E-state index < -0.39 is 18.6 Å². The molecule has 0 bridgehead atoms. The van der Waals surface area contributed by atoms with Crippen molar-refractivity contribution in [3.05, 3.63) is 69.9 Å². The number of allylic oxidation sites excluding steroid dienone is 1. The summed E-state index contributed by atoms with van der Waals surface area (Å²) < 4.78 is 16.8. The van der Waals surface area contributed by atoms with E-state index in [2.05, 4.69) is 35.6 Å². The largest absolute Gasteiger partial charge is 0.394 e. The van der Waals surface area contributed by atoms with Crippen molar-refractivity contribution in [1.29, 1.82) is 0 Å². The minimum Gasteiger partial charge on any atom is -0.394 e. The number of rotatable bonds is 18. The van der Waals surface area contributed by atoms with E-state index in [0.717, 1.165) is 31.0 Å². The van der Waals surface area contributed by atoms with Crippen molar-refractivity contribution in [1.82, 2.24) is 4.90 Å². The van der Waals surface area contributed by atoms with E-state index in [4.69, 9.17) is 16.1 Å². The van der Waals surface area contributed by atoms with Gasteiger partial charge in [0.05, 0.1) is 34.4 Å². The Labute approximate surface area is 279 Å². The number of nitro groups is 1. The minimum absolute atomic E-state index is 0.0711. The number of nitro benzene ring substituents is 1. The third-order valence-electron chi connectivity index (χ3n) is 7.71. The highest BCUT2D eigenvalue weighted by Crippen LogP contribution is 2.41. The fourth-order valence-corrected chi connectivity index (χ4v) is 6.10. The smallest absolute Gasteiger partial charge is 0.325 e. The average molecular weight is 680 g/mol. The molecule has 11 nitrogen and oxygen atoms in total. The minimum atomic E-state index is -3.59. The molecule has 3 unspecified atom stereocenters. The van der Waals surface area contributed by atoms with E-state index in [0.29, 0.717) is 30.8 Å². The van der Waals surface area contributed by atoms with Crippen LogP contribution in [-0.2, 0) is 9.09 Å². The number of hydrogen-bond donors (Lipinski definition) is 2. The normalized spacial score (nSPS) is 17.4. The second-order valence-electron chi connectivity index (χ2n) is 11.7. The highest BCUT2D eigenvalue weighted by atomic mass is 35.5. The van der Waals surface area contributed by atoms with E-state index in [1.165, 1.54) is 63.1 Å². The van der Waals surface area contributed by atoms with Gasteiger partial charge in [-0.2, -0.15) is 5.11 Å². The van der Waals surface area contributed by atoms with Gasteiger partial charge >= 0.3 is 7.60 Å². The van der Waals surface area contributed by atoms with E-state index in [1.807, 2.05) is 36.2 Å². The van der Waals surface area contributed by atoms with Crippen molar-refractivity contribution in [3.8, 4) is 0 Å². The molecule has 1 fully saturated rings. The summed E-state index contributed by atoms with van der Waals surface area (Å²) in [7, 11) is -1.62. The van der Waals surface area contributed by atoms with Gasteiger partial charge in [-0.15, -0.1) is 5.11 Å². The molecule has 2 aromatic rings. The fourth-order valence-electron chi connectivity index (χ4n) is 5.19. The predicted octanol–water partition coefficient (Wildman–Crippen LogP) is 9.42. The molecule has 0 aliphatic carbocycles. The van der Waals surface area contributed by atoms with Crippen molar-refractivity contribution < 1.29 is 24.0 Å². The van der Waals surface area contributed by atoms with Gasteiger partial charge in [0.2, 0.25) is 0 Å². The van der Waals surface area contributed by atoms with Crippen molar-refractivity contribution in [2.24, 2.45) is 10.2 Å². The number of unbranched alkanes of at least 4 members (excludes halogenated alkanes) is 6. The molecule has 1 aliphatic heterocycles. The van der Waals surface area contributed by atoms with Crippen LogP contribution in [-0.4, -0.2) is 65.4 Å². The maximum Gasteiger partial charge on any atom is 0.325 e. The Kier molecular flexibility index (Phi) is 17.5. The number of aliphatic hydroxyl groups is 1. The fraction of sp³-hybridized carbons (Fsp3) is 0.576. The van der Waals surface area contributed by atoms with Crippen LogP contribution < -0.4 is 4.90 Å². The first kappa shape index (κ1) is 39.4. The van der Waals surface area contributed by atoms with Crippen LogP contribution in [0, 0.1) is 10.1 Å². The zero-order valence-corrected chi connectivity index (χ0v) is 29.3. The van der Waals surface area contributed by atoms with Gasteiger partial charge in [-0.25, -0.2) is 0 Å². The molecule has 0 amide bonds. The first-order chi connectivity index (χ1) is 21.9. The molecule has 46 heavy (non-hydrogen) atoms. The quantitative estimate of drug-likeness (QED) is 0.0522. The van der Waals surface area contributed by atoms with Gasteiger partial charge in [0.15, 0.2) is 0 Å². The molecule has 1 heterocycles. The van der Waals surface area contributed by atoms with Crippen LogP contribution in [0.25, 0.3) is 0 Å². The van der Waals surface area contributed by atoms with E-state index in [9.17, 15) is 24.7 Å². The summed E-state index contributed by atoms with van der Waals surface area (Å²) in [4.78, 5) is 23.9.